The smallest absolute Gasteiger partial charge is 0.254 e. The number of hydrogen-bond donors (Lipinski definition) is 3. The Kier molecular flexibility index (Phi) is 9.39. The first-order valence-electron chi connectivity index (χ1n) is 13.1. The Labute approximate surface area is 230 Å². The van der Waals surface area contributed by atoms with Crippen molar-refractivity contribution >= 4 is 29.3 Å². The van der Waals surface area contributed by atoms with Gasteiger partial charge in [0.05, 0.1) is 17.2 Å². The third kappa shape index (κ3) is 6.72. The lowest BCUT2D eigenvalue weighted by Crippen LogP contribution is -2.46. The van der Waals surface area contributed by atoms with Gasteiger partial charge in [0.2, 0.25) is 0 Å². The number of allylic oxidation sites excluding steroid dienone is 2. The number of hydrogen-bond acceptors (Lipinski definition) is 6. The van der Waals surface area contributed by atoms with Gasteiger partial charge in [-0.2, -0.15) is 0 Å². The Hall–Kier alpha value is -2.97. The van der Waals surface area contributed by atoms with Crippen molar-refractivity contribution in [1.29, 1.82) is 0 Å². The average Bonchev–Trinajstić information content (AvgIpc) is 3.26. The van der Waals surface area contributed by atoms with Crippen LogP contribution in [-0.4, -0.2) is 61.1 Å². The predicted octanol–water partition coefficient (Wildman–Crippen LogP) is 4.42. The highest BCUT2D eigenvalue weighted by Gasteiger charge is 2.29. The summed E-state index contributed by atoms with van der Waals surface area (Å²) in [7, 11) is 0. The Bertz CT molecular complexity index is 1210. The van der Waals surface area contributed by atoms with Gasteiger partial charge in [-0.15, -0.1) is 0 Å². The van der Waals surface area contributed by atoms with Crippen molar-refractivity contribution in [2.45, 2.75) is 44.8 Å². The molecule has 0 aromatic heterocycles. The topological polar surface area (TPSA) is 86.2 Å². The SMILES string of the molecule is C=C(N=C/C(Cl)=C(\C)c1ccc2c(c1)C(=O)N(CCNC(C)(CO)c1ccccc1)C2)NC1CCOCC1. The number of aliphatic hydroxyl groups excluding tert-OH is 1. The monoisotopic (exact) mass is 536 g/mol. The van der Waals surface area contributed by atoms with Gasteiger partial charge in [-0.3, -0.25) is 4.79 Å². The van der Waals surface area contributed by atoms with Gasteiger partial charge >= 0.3 is 0 Å². The number of nitrogens with zero attached hydrogens (tertiary/aromatic N) is 2. The quantitative estimate of drug-likeness (QED) is 0.370. The number of carbonyl (C=O) groups excluding carboxylic acids is 1. The van der Waals surface area contributed by atoms with Crippen molar-refractivity contribution in [3.05, 3.63) is 88.2 Å². The van der Waals surface area contributed by atoms with E-state index in [4.69, 9.17) is 16.3 Å². The van der Waals surface area contributed by atoms with Crippen molar-refractivity contribution in [3.63, 3.8) is 0 Å². The molecule has 2 heterocycles. The van der Waals surface area contributed by atoms with E-state index in [0.717, 1.165) is 48.3 Å². The minimum Gasteiger partial charge on any atom is -0.394 e. The van der Waals surface area contributed by atoms with Crippen LogP contribution < -0.4 is 10.6 Å². The van der Waals surface area contributed by atoms with E-state index < -0.39 is 5.54 Å². The molecule has 7 nitrogen and oxygen atoms in total. The van der Waals surface area contributed by atoms with Gasteiger partial charge in [0, 0.05) is 50.7 Å². The Morgan fingerprint density at radius 2 is 2.00 bits per heavy atom. The molecule has 3 N–H and O–H groups in total. The molecule has 0 spiro atoms. The number of ether oxygens (including phenoxy) is 1. The van der Waals surface area contributed by atoms with E-state index in [1.165, 1.54) is 0 Å². The molecule has 2 aromatic rings. The van der Waals surface area contributed by atoms with Gasteiger partial charge in [-0.25, -0.2) is 4.99 Å². The summed E-state index contributed by atoms with van der Waals surface area (Å²) >= 11 is 6.56. The molecule has 1 atom stereocenters. The van der Waals surface area contributed by atoms with Gasteiger partial charge in [0.25, 0.3) is 5.91 Å². The van der Waals surface area contributed by atoms with E-state index in [1.54, 1.807) is 6.21 Å². The predicted molar refractivity (Wildman–Crippen MR) is 153 cm³/mol. The molecule has 0 radical (unpaired) electrons. The minimum atomic E-state index is -0.574. The largest absolute Gasteiger partial charge is 0.394 e. The maximum absolute atomic E-state index is 13.2. The maximum atomic E-state index is 13.2. The van der Waals surface area contributed by atoms with Crippen LogP contribution in [0.5, 0.6) is 0 Å². The first-order valence-corrected chi connectivity index (χ1v) is 13.5. The molecule has 1 fully saturated rings. The molecule has 202 valence electrons. The van der Waals surface area contributed by atoms with Crippen LogP contribution in [0.4, 0.5) is 0 Å². The molecule has 38 heavy (non-hydrogen) atoms. The van der Waals surface area contributed by atoms with Crippen molar-refractivity contribution < 1.29 is 14.6 Å². The highest BCUT2D eigenvalue weighted by atomic mass is 35.5. The lowest BCUT2D eigenvalue weighted by molar-refractivity contribution is 0.0771. The summed E-state index contributed by atoms with van der Waals surface area (Å²) in [6, 6.07) is 16.1. The molecule has 2 aliphatic heterocycles. The fourth-order valence-corrected chi connectivity index (χ4v) is 4.94. The summed E-state index contributed by atoms with van der Waals surface area (Å²) in [6.07, 6.45) is 3.46. The number of halogens is 1. The van der Waals surface area contributed by atoms with Crippen molar-refractivity contribution in [2.75, 3.05) is 32.9 Å². The van der Waals surface area contributed by atoms with E-state index in [2.05, 4.69) is 22.2 Å². The summed E-state index contributed by atoms with van der Waals surface area (Å²) in [4.78, 5) is 19.4. The number of carbonyl (C=O) groups is 1. The summed E-state index contributed by atoms with van der Waals surface area (Å²) in [5, 5.41) is 17.3. The van der Waals surface area contributed by atoms with E-state index >= 15 is 0 Å². The van der Waals surface area contributed by atoms with Crippen LogP contribution in [0.15, 0.2) is 71.0 Å². The fourth-order valence-electron chi connectivity index (χ4n) is 4.78. The summed E-state index contributed by atoms with van der Waals surface area (Å²) in [6.45, 7) is 11.0. The third-order valence-corrected chi connectivity index (χ3v) is 7.71. The molecule has 1 amide bonds. The second-order valence-electron chi connectivity index (χ2n) is 10.1. The lowest BCUT2D eigenvalue weighted by atomic mass is 9.93. The van der Waals surface area contributed by atoms with Gasteiger partial charge in [0.15, 0.2) is 0 Å². The van der Waals surface area contributed by atoms with Crippen molar-refractivity contribution in [2.24, 2.45) is 4.99 Å². The van der Waals surface area contributed by atoms with E-state index in [1.807, 2.05) is 67.3 Å². The highest BCUT2D eigenvalue weighted by Crippen LogP contribution is 2.28. The van der Waals surface area contributed by atoms with Crippen LogP contribution in [0.3, 0.4) is 0 Å². The molecule has 2 aromatic carbocycles. The van der Waals surface area contributed by atoms with Crippen LogP contribution >= 0.6 is 11.6 Å². The van der Waals surface area contributed by atoms with E-state index in [9.17, 15) is 9.90 Å². The minimum absolute atomic E-state index is 0.000640. The molecule has 4 rings (SSSR count). The Balaban J connectivity index is 1.36. The number of amides is 1. The fraction of sp³-hybridized carbons (Fsp3) is 0.400. The van der Waals surface area contributed by atoms with Crippen LogP contribution in [0, 0.1) is 0 Å². The number of aliphatic hydroxyl groups is 1. The summed E-state index contributed by atoms with van der Waals surface area (Å²) in [5.74, 6) is 0.571. The number of benzene rings is 2. The molecular weight excluding hydrogens is 500 g/mol. The van der Waals surface area contributed by atoms with Crippen LogP contribution in [-0.2, 0) is 16.8 Å². The van der Waals surface area contributed by atoms with Crippen molar-refractivity contribution in [3.8, 4) is 0 Å². The van der Waals surface area contributed by atoms with Crippen LogP contribution in [0.25, 0.3) is 5.57 Å². The zero-order chi connectivity index (χ0) is 27.1. The first-order chi connectivity index (χ1) is 18.3. The lowest BCUT2D eigenvalue weighted by Gasteiger charge is -2.30. The molecular formula is C30H37ClN4O3. The Morgan fingerprint density at radius 3 is 2.71 bits per heavy atom. The number of nitrogens with one attached hydrogen (secondary N) is 2. The molecule has 0 aliphatic carbocycles. The normalized spacial score (nSPS) is 18.3. The molecule has 8 heteroatoms. The number of aliphatic imine (C=N–C) groups is 1. The third-order valence-electron chi connectivity index (χ3n) is 7.33. The highest BCUT2D eigenvalue weighted by molar-refractivity contribution is 6.42. The standard InChI is InChI=1S/C30H37ClN4O3/c1-21(28(31)18-32-22(2)34-26-11-15-38-16-12-26)23-9-10-24-19-35(29(37)27(24)17-23)14-13-33-30(3,20-36)25-7-5-4-6-8-25/h4-10,17-18,26,33-34,36H,2,11-16,19-20H2,1,3H3/b28-21-,32-18?. The van der Waals surface area contributed by atoms with Crippen LogP contribution in [0.1, 0.15) is 53.7 Å². The maximum Gasteiger partial charge on any atom is 0.254 e. The summed E-state index contributed by atoms with van der Waals surface area (Å²) < 4.78 is 5.38. The molecule has 1 saturated heterocycles. The van der Waals surface area contributed by atoms with Gasteiger partial charge < -0.3 is 25.4 Å². The first kappa shape index (κ1) is 28.0. The second kappa shape index (κ2) is 12.7. The zero-order valence-electron chi connectivity index (χ0n) is 22.2. The van der Waals surface area contributed by atoms with E-state index in [0.29, 0.717) is 42.1 Å². The number of rotatable bonds is 11. The molecule has 0 saturated carbocycles. The van der Waals surface area contributed by atoms with Gasteiger partial charge in [-0.1, -0.05) is 60.6 Å². The molecule has 0 bridgehead atoms. The zero-order valence-corrected chi connectivity index (χ0v) is 22.9. The van der Waals surface area contributed by atoms with Gasteiger partial charge in [-0.05, 0) is 55.0 Å². The number of fused-ring (bicyclic) bond motifs is 1. The second-order valence-corrected chi connectivity index (χ2v) is 10.5. The molecule has 2 aliphatic rings. The summed E-state index contributed by atoms with van der Waals surface area (Å²) in [5.41, 5.74) is 3.85. The van der Waals surface area contributed by atoms with Crippen molar-refractivity contribution in [1.82, 2.24) is 15.5 Å². The average molecular weight is 537 g/mol. The van der Waals surface area contributed by atoms with Crippen LogP contribution in [0.2, 0.25) is 0 Å². The molecule has 1 unspecified atom stereocenters. The Morgan fingerprint density at radius 1 is 1.26 bits per heavy atom. The van der Waals surface area contributed by atoms with Gasteiger partial charge in [0.1, 0.15) is 5.82 Å². The van der Waals surface area contributed by atoms with E-state index in [-0.39, 0.29) is 12.5 Å².